The van der Waals surface area contributed by atoms with Gasteiger partial charge in [0.25, 0.3) is 0 Å². The Kier molecular flexibility index (Phi) is 5.01. The van der Waals surface area contributed by atoms with E-state index in [1.165, 1.54) is 12.8 Å². The standard InChI is InChI=1S/C14H25NO3/c1-10(18-9-11-6-7-11)14(17)15-13-5-3-2-4-12(13)8-16/h10-13,16H,2-9H2,1H3,(H,15,17). The van der Waals surface area contributed by atoms with E-state index in [0.29, 0.717) is 12.5 Å². The lowest BCUT2D eigenvalue weighted by molar-refractivity contribution is -0.133. The van der Waals surface area contributed by atoms with E-state index in [4.69, 9.17) is 4.74 Å². The summed E-state index contributed by atoms with van der Waals surface area (Å²) in [7, 11) is 0. The van der Waals surface area contributed by atoms with Gasteiger partial charge >= 0.3 is 0 Å². The lowest BCUT2D eigenvalue weighted by Crippen LogP contribution is -2.47. The number of nitrogens with one attached hydrogen (secondary N) is 1. The first-order valence-electron chi connectivity index (χ1n) is 7.23. The maximum atomic E-state index is 12.0. The van der Waals surface area contributed by atoms with Gasteiger partial charge in [-0.2, -0.15) is 0 Å². The molecule has 2 saturated carbocycles. The van der Waals surface area contributed by atoms with Gasteiger partial charge in [0.2, 0.25) is 5.91 Å². The third-order valence-corrected chi connectivity index (χ3v) is 4.12. The summed E-state index contributed by atoms with van der Waals surface area (Å²) in [5.74, 6) is 0.874. The van der Waals surface area contributed by atoms with E-state index >= 15 is 0 Å². The Balaban J connectivity index is 1.73. The molecule has 3 atom stereocenters. The molecule has 2 rings (SSSR count). The van der Waals surface area contributed by atoms with Crippen LogP contribution in [0.5, 0.6) is 0 Å². The molecule has 0 aromatic heterocycles. The van der Waals surface area contributed by atoms with Gasteiger partial charge in [-0.3, -0.25) is 4.79 Å². The lowest BCUT2D eigenvalue weighted by Gasteiger charge is -2.31. The van der Waals surface area contributed by atoms with Gasteiger partial charge in [0.1, 0.15) is 6.10 Å². The summed E-state index contributed by atoms with van der Waals surface area (Å²) in [5.41, 5.74) is 0. The monoisotopic (exact) mass is 255 g/mol. The van der Waals surface area contributed by atoms with Gasteiger partial charge in [0.05, 0.1) is 6.61 Å². The van der Waals surface area contributed by atoms with E-state index < -0.39 is 0 Å². The van der Waals surface area contributed by atoms with Crippen molar-refractivity contribution in [2.24, 2.45) is 11.8 Å². The van der Waals surface area contributed by atoms with Crippen LogP contribution in [0.1, 0.15) is 45.4 Å². The zero-order valence-corrected chi connectivity index (χ0v) is 11.2. The van der Waals surface area contributed by atoms with Crippen molar-refractivity contribution >= 4 is 5.91 Å². The number of carbonyl (C=O) groups excluding carboxylic acids is 1. The van der Waals surface area contributed by atoms with E-state index in [0.717, 1.165) is 25.7 Å². The van der Waals surface area contributed by atoms with Crippen LogP contribution in [0, 0.1) is 11.8 Å². The second kappa shape index (κ2) is 6.53. The van der Waals surface area contributed by atoms with Gasteiger partial charge in [-0.15, -0.1) is 0 Å². The highest BCUT2D eigenvalue weighted by atomic mass is 16.5. The molecular formula is C14H25NO3. The topological polar surface area (TPSA) is 58.6 Å². The average Bonchev–Trinajstić information content (AvgIpc) is 3.20. The molecule has 2 N–H and O–H groups in total. The average molecular weight is 255 g/mol. The summed E-state index contributed by atoms with van der Waals surface area (Å²) in [6.45, 7) is 2.69. The molecular weight excluding hydrogens is 230 g/mol. The Hall–Kier alpha value is -0.610. The summed E-state index contributed by atoms with van der Waals surface area (Å²) < 4.78 is 5.56. The Morgan fingerprint density at radius 3 is 2.72 bits per heavy atom. The number of aliphatic hydroxyl groups is 1. The number of hydrogen-bond donors (Lipinski definition) is 2. The van der Waals surface area contributed by atoms with Crippen molar-refractivity contribution in [1.82, 2.24) is 5.32 Å². The van der Waals surface area contributed by atoms with Gasteiger partial charge in [0.15, 0.2) is 0 Å². The van der Waals surface area contributed by atoms with Gasteiger partial charge in [-0.25, -0.2) is 0 Å². The highest BCUT2D eigenvalue weighted by molar-refractivity contribution is 5.80. The Morgan fingerprint density at radius 2 is 2.06 bits per heavy atom. The smallest absolute Gasteiger partial charge is 0.249 e. The summed E-state index contributed by atoms with van der Waals surface area (Å²) in [5, 5.41) is 12.4. The molecule has 0 aromatic carbocycles. The van der Waals surface area contributed by atoms with E-state index in [-0.39, 0.29) is 30.6 Å². The fraction of sp³-hybridized carbons (Fsp3) is 0.929. The molecule has 0 bridgehead atoms. The molecule has 2 aliphatic carbocycles. The first-order chi connectivity index (χ1) is 8.70. The first-order valence-corrected chi connectivity index (χ1v) is 7.23. The van der Waals surface area contributed by atoms with E-state index in [2.05, 4.69) is 5.32 Å². The van der Waals surface area contributed by atoms with Crippen molar-refractivity contribution in [2.45, 2.75) is 57.6 Å². The Bertz CT molecular complexity index is 278. The molecule has 1 amide bonds. The van der Waals surface area contributed by atoms with Gasteiger partial charge in [0, 0.05) is 18.6 Å². The highest BCUT2D eigenvalue weighted by Crippen LogP contribution is 2.29. The van der Waals surface area contributed by atoms with Crippen molar-refractivity contribution in [3.63, 3.8) is 0 Å². The Morgan fingerprint density at radius 1 is 1.33 bits per heavy atom. The molecule has 4 heteroatoms. The largest absolute Gasteiger partial charge is 0.396 e. The summed E-state index contributed by atoms with van der Waals surface area (Å²) in [4.78, 5) is 12.0. The van der Waals surface area contributed by atoms with E-state index in [1.807, 2.05) is 6.92 Å². The molecule has 4 nitrogen and oxygen atoms in total. The molecule has 0 heterocycles. The molecule has 3 unspecified atom stereocenters. The number of aliphatic hydroxyl groups excluding tert-OH is 1. The predicted molar refractivity (Wildman–Crippen MR) is 69.1 cm³/mol. The van der Waals surface area contributed by atoms with Gasteiger partial charge < -0.3 is 15.2 Å². The van der Waals surface area contributed by atoms with Crippen LogP contribution >= 0.6 is 0 Å². The molecule has 104 valence electrons. The van der Waals surface area contributed by atoms with Crippen LogP contribution in [0.2, 0.25) is 0 Å². The molecule has 0 radical (unpaired) electrons. The summed E-state index contributed by atoms with van der Waals surface area (Å²) >= 11 is 0. The van der Waals surface area contributed by atoms with Crippen molar-refractivity contribution in [3.05, 3.63) is 0 Å². The van der Waals surface area contributed by atoms with Gasteiger partial charge in [-0.1, -0.05) is 12.8 Å². The molecule has 2 fully saturated rings. The third kappa shape index (κ3) is 3.95. The maximum absolute atomic E-state index is 12.0. The normalized spacial score (nSPS) is 29.9. The SMILES string of the molecule is CC(OCC1CC1)C(=O)NC1CCCCC1CO. The Labute approximate surface area is 109 Å². The first kappa shape index (κ1) is 13.8. The van der Waals surface area contributed by atoms with Crippen molar-refractivity contribution in [2.75, 3.05) is 13.2 Å². The minimum Gasteiger partial charge on any atom is -0.396 e. The zero-order valence-electron chi connectivity index (χ0n) is 11.2. The van der Waals surface area contributed by atoms with E-state index in [1.54, 1.807) is 0 Å². The molecule has 0 spiro atoms. The number of rotatable bonds is 6. The third-order valence-electron chi connectivity index (χ3n) is 4.12. The van der Waals surface area contributed by atoms with Crippen molar-refractivity contribution < 1.29 is 14.6 Å². The molecule has 2 aliphatic rings. The maximum Gasteiger partial charge on any atom is 0.249 e. The van der Waals surface area contributed by atoms with Crippen LogP contribution in [0.15, 0.2) is 0 Å². The second-order valence-electron chi connectivity index (χ2n) is 5.76. The molecule has 0 aliphatic heterocycles. The van der Waals surface area contributed by atoms with Crippen LogP contribution < -0.4 is 5.32 Å². The zero-order chi connectivity index (χ0) is 13.0. The van der Waals surface area contributed by atoms with Crippen LogP contribution in [-0.2, 0) is 9.53 Å². The number of ether oxygens (including phenoxy) is 1. The van der Waals surface area contributed by atoms with Crippen LogP contribution in [0.3, 0.4) is 0 Å². The number of carbonyl (C=O) groups is 1. The molecule has 0 aromatic rings. The van der Waals surface area contributed by atoms with Gasteiger partial charge in [-0.05, 0) is 38.5 Å². The fourth-order valence-corrected chi connectivity index (χ4v) is 2.56. The second-order valence-corrected chi connectivity index (χ2v) is 5.76. The molecule has 18 heavy (non-hydrogen) atoms. The lowest BCUT2D eigenvalue weighted by atomic mass is 9.85. The highest BCUT2D eigenvalue weighted by Gasteiger charge is 2.28. The van der Waals surface area contributed by atoms with Crippen LogP contribution in [0.4, 0.5) is 0 Å². The van der Waals surface area contributed by atoms with E-state index in [9.17, 15) is 9.90 Å². The van der Waals surface area contributed by atoms with Crippen molar-refractivity contribution in [1.29, 1.82) is 0 Å². The van der Waals surface area contributed by atoms with Crippen LogP contribution in [-0.4, -0.2) is 36.4 Å². The van der Waals surface area contributed by atoms with Crippen molar-refractivity contribution in [3.8, 4) is 0 Å². The fourth-order valence-electron chi connectivity index (χ4n) is 2.56. The summed E-state index contributed by atoms with van der Waals surface area (Å²) in [6, 6.07) is 0.128. The number of amides is 1. The minimum atomic E-state index is -0.369. The number of hydrogen-bond acceptors (Lipinski definition) is 3. The predicted octanol–water partition coefficient (Wildman–Crippen LogP) is 1.47. The summed E-state index contributed by atoms with van der Waals surface area (Å²) in [6.07, 6.45) is 6.40. The quantitative estimate of drug-likeness (QED) is 0.755. The minimum absolute atomic E-state index is 0.0269. The van der Waals surface area contributed by atoms with Crippen LogP contribution in [0.25, 0.3) is 0 Å². The molecule has 0 saturated heterocycles.